The highest BCUT2D eigenvalue weighted by Gasteiger charge is 2.32. The van der Waals surface area contributed by atoms with Crippen LogP contribution in [-0.2, 0) is 12.7 Å². The minimum atomic E-state index is -4.52. The van der Waals surface area contributed by atoms with E-state index < -0.39 is 17.6 Å². The van der Waals surface area contributed by atoms with Crippen molar-refractivity contribution >= 4 is 23.3 Å². The van der Waals surface area contributed by atoms with E-state index in [4.69, 9.17) is 11.6 Å². The highest BCUT2D eigenvalue weighted by molar-refractivity contribution is 6.33. The molecule has 2 N–H and O–H groups in total. The molecule has 4 rings (SSSR count). The van der Waals surface area contributed by atoms with Crippen LogP contribution in [0.4, 0.5) is 13.2 Å². The molecule has 1 aromatic heterocycles. The second-order valence-electron chi connectivity index (χ2n) is 7.93. The third-order valence-electron chi connectivity index (χ3n) is 5.81. The maximum Gasteiger partial charge on any atom is 0.416 e. The van der Waals surface area contributed by atoms with Crippen molar-refractivity contribution in [2.24, 2.45) is 10.9 Å². The molecule has 0 bridgehead atoms. The lowest BCUT2D eigenvalue weighted by Gasteiger charge is -2.29. The number of benzene rings is 1. The Kier molecular flexibility index (Phi) is 6.18. The predicted molar refractivity (Wildman–Crippen MR) is 112 cm³/mol. The normalized spacial score (nSPS) is 20.7. The van der Waals surface area contributed by atoms with Crippen LogP contribution >= 0.6 is 11.6 Å². The van der Waals surface area contributed by atoms with E-state index >= 15 is 0 Å². The van der Waals surface area contributed by atoms with Gasteiger partial charge in [0.25, 0.3) is 5.91 Å². The fourth-order valence-electron chi connectivity index (χ4n) is 4.06. The number of nitrogens with one attached hydrogen (secondary N) is 2. The fourth-order valence-corrected chi connectivity index (χ4v) is 4.26. The summed E-state index contributed by atoms with van der Waals surface area (Å²) in [4.78, 5) is 21.3. The Morgan fingerprint density at radius 3 is 2.68 bits per heavy atom. The number of amides is 1. The van der Waals surface area contributed by atoms with E-state index in [1.807, 2.05) is 12.1 Å². The third kappa shape index (κ3) is 5.01. The number of aliphatic imine (C=N–C) groups is 1. The van der Waals surface area contributed by atoms with Crippen LogP contribution in [0, 0.1) is 5.92 Å². The first kappa shape index (κ1) is 21.6. The van der Waals surface area contributed by atoms with Crippen molar-refractivity contribution in [2.75, 3.05) is 6.54 Å². The summed E-state index contributed by atoms with van der Waals surface area (Å²) >= 11 is 5.97. The van der Waals surface area contributed by atoms with Crippen molar-refractivity contribution in [3.05, 3.63) is 63.9 Å². The van der Waals surface area contributed by atoms with E-state index in [2.05, 4.69) is 20.6 Å². The monoisotopic (exact) mass is 450 g/mol. The Bertz CT molecular complexity index is 1000. The fraction of sp³-hybridized carbons (Fsp3) is 0.409. The van der Waals surface area contributed by atoms with E-state index in [-0.39, 0.29) is 16.6 Å². The maximum absolute atomic E-state index is 12.9. The number of fused-ring (bicyclic) bond motifs is 1. The van der Waals surface area contributed by atoms with Gasteiger partial charge >= 0.3 is 6.18 Å². The zero-order valence-corrected chi connectivity index (χ0v) is 17.4. The zero-order chi connectivity index (χ0) is 22.0. The number of nitrogens with zero attached hydrogens (tertiary/aromatic N) is 2. The van der Waals surface area contributed by atoms with Crippen LogP contribution in [0.15, 0.2) is 41.5 Å². The molecule has 0 radical (unpaired) electrons. The smallest absolute Gasteiger partial charge is 0.370 e. The minimum Gasteiger partial charge on any atom is -0.370 e. The van der Waals surface area contributed by atoms with Gasteiger partial charge in [-0.25, -0.2) is 0 Å². The van der Waals surface area contributed by atoms with Crippen molar-refractivity contribution in [1.82, 2.24) is 15.6 Å². The first-order valence-electron chi connectivity index (χ1n) is 10.2. The lowest BCUT2D eigenvalue weighted by Crippen LogP contribution is -2.40. The molecule has 0 unspecified atom stereocenters. The molecule has 0 saturated heterocycles. The number of hydrogen-bond donors (Lipinski definition) is 2. The van der Waals surface area contributed by atoms with Gasteiger partial charge in [0, 0.05) is 24.3 Å². The summed E-state index contributed by atoms with van der Waals surface area (Å²) in [6.07, 6.45) is 0.575. The number of carbonyl (C=O) groups excluding carboxylic acids is 1. The molecule has 2 heterocycles. The summed E-state index contributed by atoms with van der Waals surface area (Å²) in [6, 6.07) is 6.62. The molecule has 1 amide bonds. The molecular formula is C22H22ClF3N4O. The molecule has 1 aliphatic heterocycles. The van der Waals surface area contributed by atoms with Crippen molar-refractivity contribution in [3.63, 3.8) is 0 Å². The van der Waals surface area contributed by atoms with Gasteiger partial charge in [-0.1, -0.05) is 11.6 Å². The van der Waals surface area contributed by atoms with Crippen molar-refractivity contribution < 1.29 is 18.0 Å². The Morgan fingerprint density at radius 1 is 1.16 bits per heavy atom. The van der Waals surface area contributed by atoms with E-state index in [1.54, 1.807) is 6.20 Å². The number of amidine groups is 1. The lowest BCUT2D eigenvalue weighted by molar-refractivity contribution is -0.137. The van der Waals surface area contributed by atoms with Crippen molar-refractivity contribution in [1.29, 1.82) is 0 Å². The molecule has 1 fully saturated rings. The van der Waals surface area contributed by atoms with Crippen LogP contribution in [0.25, 0.3) is 0 Å². The number of hydrogen-bond acceptors (Lipinski definition) is 4. The molecule has 0 spiro atoms. The van der Waals surface area contributed by atoms with E-state index in [9.17, 15) is 18.0 Å². The molecule has 1 aromatic carbocycles. The topological polar surface area (TPSA) is 66.4 Å². The molecule has 2 aromatic rings. The van der Waals surface area contributed by atoms with Gasteiger partial charge in [0.05, 0.1) is 28.4 Å². The number of alkyl halides is 3. The Balaban J connectivity index is 1.28. The Hall–Kier alpha value is -2.61. The Morgan fingerprint density at radius 2 is 1.94 bits per heavy atom. The number of rotatable bonds is 4. The molecular weight excluding hydrogens is 429 g/mol. The third-order valence-corrected chi connectivity index (χ3v) is 6.14. The standard InChI is InChI=1S/C22H22ClF3N4O/c23-18-8-5-14(22(24,25)26)10-17(18)21(31)30-15-6-3-13(4-7-15)11-28-20-16-2-1-9-27-19(16)12-29-20/h1-2,5,8-10,13,15H,3-4,6-7,11-12H2,(H,28,29)(H,30,31). The summed E-state index contributed by atoms with van der Waals surface area (Å²) < 4.78 is 38.8. The summed E-state index contributed by atoms with van der Waals surface area (Å²) in [5, 5.41) is 6.27. The van der Waals surface area contributed by atoms with Crippen molar-refractivity contribution in [3.8, 4) is 0 Å². The van der Waals surface area contributed by atoms with Crippen LogP contribution in [0.3, 0.4) is 0 Å². The first-order chi connectivity index (χ1) is 14.8. The SMILES string of the molecule is O=C(NC1CCC(CNC2=NCc3ncccc32)CC1)c1cc(C(F)(F)F)ccc1Cl. The summed E-state index contributed by atoms with van der Waals surface area (Å²) in [6.45, 7) is 1.38. The Labute approximate surface area is 183 Å². The molecule has 2 aliphatic rings. The molecule has 9 heteroatoms. The number of pyridine rings is 1. The van der Waals surface area contributed by atoms with Gasteiger partial charge in [-0.2, -0.15) is 13.2 Å². The second-order valence-corrected chi connectivity index (χ2v) is 8.33. The van der Waals surface area contributed by atoms with Crippen LogP contribution in [0.5, 0.6) is 0 Å². The average molecular weight is 451 g/mol. The molecule has 0 atom stereocenters. The van der Waals surface area contributed by atoms with Gasteiger partial charge in [-0.15, -0.1) is 0 Å². The molecule has 164 valence electrons. The summed E-state index contributed by atoms with van der Waals surface area (Å²) in [7, 11) is 0. The molecule has 5 nitrogen and oxygen atoms in total. The number of carbonyl (C=O) groups is 1. The number of aromatic nitrogens is 1. The summed E-state index contributed by atoms with van der Waals surface area (Å²) in [5.74, 6) is 0.744. The molecule has 31 heavy (non-hydrogen) atoms. The number of halogens is 4. The van der Waals surface area contributed by atoms with Crippen LogP contribution in [-0.4, -0.2) is 29.3 Å². The summed E-state index contributed by atoms with van der Waals surface area (Å²) in [5.41, 5.74) is 0.987. The zero-order valence-electron chi connectivity index (χ0n) is 16.7. The first-order valence-corrected chi connectivity index (χ1v) is 10.6. The molecule has 1 saturated carbocycles. The van der Waals surface area contributed by atoms with E-state index in [1.165, 1.54) is 0 Å². The van der Waals surface area contributed by atoms with Crippen LogP contribution in [0.1, 0.15) is 52.9 Å². The van der Waals surface area contributed by atoms with Gasteiger partial charge < -0.3 is 10.6 Å². The lowest BCUT2D eigenvalue weighted by atomic mass is 9.86. The quantitative estimate of drug-likeness (QED) is 0.715. The highest BCUT2D eigenvalue weighted by atomic mass is 35.5. The highest BCUT2D eigenvalue weighted by Crippen LogP contribution is 2.32. The van der Waals surface area contributed by atoms with Crippen LogP contribution < -0.4 is 10.6 Å². The van der Waals surface area contributed by atoms with E-state index in [0.717, 1.165) is 67.5 Å². The van der Waals surface area contributed by atoms with Gasteiger partial charge in [0.2, 0.25) is 0 Å². The predicted octanol–water partition coefficient (Wildman–Crippen LogP) is 4.59. The van der Waals surface area contributed by atoms with Crippen molar-refractivity contribution in [2.45, 2.75) is 44.4 Å². The van der Waals surface area contributed by atoms with Gasteiger partial charge in [-0.3, -0.25) is 14.8 Å². The largest absolute Gasteiger partial charge is 0.416 e. The second kappa shape index (κ2) is 8.86. The van der Waals surface area contributed by atoms with Gasteiger partial charge in [-0.05, 0) is 61.9 Å². The van der Waals surface area contributed by atoms with E-state index in [0.29, 0.717) is 12.5 Å². The maximum atomic E-state index is 12.9. The van der Waals surface area contributed by atoms with Crippen LogP contribution in [0.2, 0.25) is 5.02 Å². The minimum absolute atomic E-state index is 0.00972. The van der Waals surface area contributed by atoms with Gasteiger partial charge in [0.15, 0.2) is 0 Å². The van der Waals surface area contributed by atoms with Gasteiger partial charge in [0.1, 0.15) is 5.84 Å². The average Bonchev–Trinajstić information content (AvgIpc) is 3.16. The molecule has 1 aliphatic carbocycles.